The van der Waals surface area contributed by atoms with Crippen molar-refractivity contribution in [3.05, 3.63) is 0 Å². The first-order chi connectivity index (χ1) is 9.60. The molecule has 0 radical (unpaired) electrons. The summed E-state index contributed by atoms with van der Waals surface area (Å²) < 4.78 is 14.4. The van der Waals surface area contributed by atoms with Crippen molar-refractivity contribution in [2.75, 3.05) is 43.3 Å². The molecule has 0 aromatic carbocycles. The van der Waals surface area contributed by atoms with E-state index < -0.39 is 0 Å². The van der Waals surface area contributed by atoms with E-state index in [-0.39, 0.29) is 49.0 Å². The van der Waals surface area contributed by atoms with Gasteiger partial charge in [0.1, 0.15) is 13.2 Å². The molecule has 0 bridgehead atoms. The molecular weight excluding hydrogens is 304 g/mol. The van der Waals surface area contributed by atoms with Crippen LogP contribution in [0.25, 0.3) is 0 Å². The molecule has 0 unspecified atom stereocenters. The summed E-state index contributed by atoms with van der Waals surface area (Å²) in [5.74, 6) is -0.0156. The number of ether oxygens (including phenoxy) is 3. The Bertz CT molecular complexity index is 280. The molecule has 0 spiro atoms. The fraction of sp³-hybridized carbons (Fsp3) is 0.750. The van der Waals surface area contributed by atoms with Crippen molar-refractivity contribution in [3.63, 3.8) is 0 Å². The average molecular weight is 324 g/mol. The van der Waals surface area contributed by atoms with Crippen molar-refractivity contribution in [2.24, 2.45) is 0 Å². The molecule has 20 heavy (non-hydrogen) atoms. The number of esters is 3. The summed E-state index contributed by atoms with van der Waals surface area (Å²) in [5, 5.41) is 0. The molecule has 0 saturated heterocycles. The molecule has 0 fully saturated rings. The van der Waals surface area contributed by atoms with Gasteiger partial charge in [0.25, 0.3) is 0 Å². The minimum absolute atomic E-state index is 0.0530. The van der Waals surface area contributed by atoms with Gasteiger partial charge >= 0.3 is 17.9 Å². The van der Waals surface area contributed by atoms with Crippen LogP contribution >= 0.6 is 23.5 Å². The lowest BCUT2D eigenvalue weighted by Crippen LogP contribution is -2.16. The van der Waals surface area contributed by atoms with Crippen LogP contribution in [0.4, 0.5) is 0 Å². The average Bonchev–Trinajstić information content (AvgIpc) is 2.40. The molecule has 0 heterocycles. The third-order valence-corrected chi connectivity index (χ3v) is 3.30. The van der Waals surface area contributed by atoms with Gasteiger partial charge in [-0.3, -0.25) is 14.4 Å². The Morgan fingerprint density at radius 2 is 1.50 bits per heavy atom. The van der Waals surface area contributed by atoms with Crippen LogP contribution in [0.2, 0.25) is 0 Å². The Balaban J connectivity index is 3.41. The number of rotatable bonds is 11. The molecule has 0 atom stereocenters. The highest BCUT2D eigenvalue weighted by Gasteiger charge is 2.06. The second kappa shape index (κ2) is 13.1. The predicted octanol–water partition coefficient (Wildman–Crippen LogP) is 1.12. The van der Waals surface area contributed by atoms with Crippen LogP contribution in [-0.2, 0) is 28.6 Å². The van der Waals surface area contributed by atoms with Gasteiger partial charge in [-0.05, 0) is 13.2 Å². The van der Waals surface area contributed by atoms with Gasteiger partial charge in [0.2, 0.25) is 0 Å². The Kier molecular flexibility index (Phi) is 12.5. The fourth-order valence-electron chi connectivity index (χ4n) is 1.06. The van der Waals surface area contributed by atoms with E-state index in [1.165, 1.54) is 23.5 Å². The standard InChI is InChI=1S/C12H20O6S2/c1-3-16-10(13)4-7-20-9-12(15)18-6-5-17-11(14)8-19-2/h3-9H2,1-2H3. The zero-order valence-electron chi connectivity index (χ0n) is 11.7. The lowest BCUT2D eigenvalue weighted by atomic mass is 10.5. The fourth-order valence-corrected chi connectivity index (χ4v) is 2.08. The Hall–Kier alpha value is -0.890. The Labute approximate surface area is 127 Å². The van der Waals surface area contributed by atoms with E-state index in [0.717, 1.165) is 0 Å². The zero-order chi connectivity index (χ0) is 15.2. The van der Waals surface area contributed by atoms with E-state index in [1.807, 2.05) is 0 Å². The Morgan fingerprint density at radius 1 is 0.900 bits per heavy atom. The monoisotopic (exact) mass is 324 g/mol. The van der Waals surface area contributed by atoms with E-state index >= 15 is 0 Å². The quantitative estimate of drug-likeness (QED) is 0.318. The maximum absolute atomic E-state index is 11.3. The van der Waals surface area contributed by atoms with Crippen LogP contribution < -0.4 is 0 Å². The van der Waals surface area contributed by atoms with Crippen LogP contribution in [0.1, 0.15) is 13.3 Å². The molecular formula is C12H20O6S2. The first kappa shape index (κ1) is 19.1. The van der Waals surface area contributed by atoms with Gasteiger partial charge < -0.3 is 14.2 Å². The lowest BCUT2D eigenvalue weighted by molar-refractivity contribution is -0.148. The molecule has 6 nitrogen and oxygen atoms in total. The second-order valence-electron chi connectivity index (χ2n) is 3.48. The summed E-state index contributed by atoms with van der Waals surface area (Å²) in [7, 11) is 0. The third-order valence-electron chi connectivity index (χ3n) is 1.85. The molecule has 0 aliphatic heterocycles. The van der Waals surface area contributed by atoms with Crippen molar-refractivity contribution in [2.45, 2.75) is 13.3 Å². The van der Waals surface area contributed by atoms with E-state index in [9.17, 15) is 14.4 Å². The number of carbonyl (C=O) groups is 3. The van der Waals surface area contributed by atoms with Crippen molar-refractivity contribution < 1.29 is 28.6 Å². The van der Waals surface area contributed by atoms with Crippen molar-refractivity contribution in [1.82, 2.24) is 0 Å². The maximum Gasteiger partial charge on any atom is 0.316 e. The third kappa shape index (κ3) is 12.2. The number of hydrogen-bond donors (Lipinski definition) is 0. The number of hydrogen-bond acceptors (Lipinski definition) is 8. The number of thioether (sulfide) groups is 2. The van der Waals surface area contributed by atoms with Gasteiger partial charge in [0, 0.05) is 5.75 Å². The summed E-state index contributed by atoms with van der Waals surface area (Å²) in [6.45, 7) is 2.23. The Morgan fingerprint density at radius 3 is 2.05 bits per heavy atom. The van der Waals surface area contributed by atoms with Crippen molar-refractivity contribution in [1.29, 1.82) is 0 Å². The van der Waals surface area contributed by atoms with Crippen LogP contribution in [0, 0.1) is 0 Å². The minimum Gasteiger partial charge on any atom is -0.466 e. The second-order valence-corrected chi connectivity index (χ2v) is 5.45. The van der Waals surface area contributed by atoms with Gasteiger partial charge in [0.05, 0.1) is 24.5 Å². The van der Waals surface area contributed by atoms with Crippen molar-refractivity contribution >= 4 is 41.4 Å². The first-order valence-electron chi connectivity index (χ1n) is 6.13. The van der Waals surface area contributed by atoms with Gasteiger partial charge in [-0.25, -0.2) is 0 Å². The zero-order valence-corrected chi connectivity index (χ0v) is 13.3. The minimum atomic E-state index is -0.389. The molecule has 0 N–H and O–H groups in total. The predicted molar refractivity (Wildman–Crippen MR) is 78.9 cm³/mol. The number of carbonyl (C=O) groups excluding carboxylic acids is 3. The summed E-state index contributed by atoms with van der Waals surface area (Å²) in [6, 6.07) is 0. The molecule has 0 aliphatic rings. The summed E-state index contributed by atoms with van der Waals surface area (Å²) in [4.78, 5) is 33.3. The first-order valence-corrected chi connectivity index (χ1v) is 8.68. The molecule has 8 heteroatoms. The highest BCUT2D eigenvalue weighted by atomic mass is 32.2. The molecule has 0 amide bonds. The summed E-state index contributed by atoms with van der Waals surface area (Å²) in [6.07, 6.45) is 2.08. The van der Waals surface area contributed by atoms with Crippen LogP contribution in [-0.4, -0.2) is 61.2 Å². The highest BCUT2D eigenvalue weighted by Crippen LogP contribution is 2.04. The molecule has 0 aromatic rings. The lowest BCUT2D eigenvalue weighted by Gasteiger charge is -2.06. The van der Waals surface area contributed by atoms with Crippen LogP contribution in [0.5, 0.6) is 0 Å². The molecule has 0 saturated carbocycles. The van der Waals surface area contributed by atoms with Crippen molar-refractivity contribution in [3.8, 4) is 0 Å². The smallest absolute Gasteiger partial charge is 0.316 e. The summed E-state index contributed by atoms with van der Waals surface area (Å²) in [5.41, 5.74) is 0. The largest absolute Gasteiger partial charge is 0.466 e. The molecule has 116 valence electrons. The van der Waals surface area contributed by atoms with E-state index in [4.69, 9.17) is 14.2 Å². The summed E-state index contributed by atoms with van der Waals surface area (Å²) >= 11 is 2.67. The van der Waals surface area contributed by atoms with Crippen LogP contribution in [0.15, 0.2) is 0 Å². The SMILES string of the molecule is CCOC(=O)CCSCC(=O)OCCOC(=O)CSC. The van der Waals surface area contributed by atoms with Gasteiger partial charge in [-0.15, -0.1) is 11.8 Å². The van der Waals surface area contributed by atoms with Gasteiger partial charge in [0.15, 0.2) is 0 Å². The normalized spacial score (nSPS) is 9.90. The topological polar surface area (TPSA) is 78.9 Å². The van der Waals surface area contributed by atoms with Crippen LogP contribution in [0.3, 0.4) is 0 Å². The van der Waals surface area contributed by atoms with Gasteiger partial charge in [-0.1, -0.05) is 0 Å². The van der Waals surface area contributed by atoms with E-state index in [2.05, 4.69) is 0 Å². The van der Waals surface area contributed by atoms with E-state index in [0.29, 0.717) is 12.4 Å². The maximum atomic E-state index is 11.3. The van der Waals surface area contributed by atoms with E-state index in [1.54, 1.807) is 13.2 Å². The van der Waals surface area contributed by atoms with Gasteiger partial charge in [-0.2, -0.15) is 11.8 Å². The molecule has 0 aliphatic carbocycles. The molecule has 0 aromatic heterocycles. The highest BCUT2D eigenvalue weighted by molar-refractivity contribution is 8.00. The molecule has 0 rings (SSSR count).